The van der Waals surface area contributed by atoms with Crippen LogP contribution >= 0.6 is 11.3 Å². The summed E-state index contributed by atoms with van der Waals surface area (Å²) in [5.41, 5.74) is 1.38. The largest absolute Gasteiger partial charge is 0.344 e. The number of rotatable bonds is 4. The Kier molecular flexibility index (Phi) is 3.99. The number of aromatic nitrogens is 3. The Balaban J connectivity index is 1.93. The third kappa shape index (κ3) is 3.10. The molecule has 1 N–H and O–H groups in total. The van der Waals surface area contributed by atoms with Crippen molar-refractivity contribution in [1.82, 2.24) is 20.3 Å². The Hall–Kier alpha value is -1.82. The van der Waals surface area contributed by atoms with Crippen molar-refractivity contribution in [2.75, 3.05) is 0 Å². The van der Waals surface area contributed by atoms with Crippen LogP contribution in [0.25, 0.3) is 0 Å². The zero-order valence-corrected chi connectivity index (χ0v) is 11.1. The van der Waals surface area contributed by atoms with Crippen LogP contribution in [0.15, 0.2) is 24.0 Å². The van der Waals surface area contributed by atoms with Crippen LogP contribution in [0.2, 0.25) is 0 Å². The van der Waals surface area contributed by atoms with E-state index in [1.54, 1.807) is 11.3 Å². The molecule has 0 bridgehead atoms. The summed E-state index contributed by atoms with van der Waals surface area (Å²) in [6.45, 7) is 4.61. The molecular weight excluding hydrogens is 248 g/mol. The fourth-order valence-electron chi connectivity index (χ4n) is 1.33. The van der Waals surface area contributed by atoms with Crippen LogP contribution in [0.3, 0.4) is 0 Å². The van der Waals surface area contributed by atoms with Crippen molar-refractivity contribution in [1.29, 1.82) is 0 Å². The van der Waals surface area contributed by atoms with Crippen LogP contribution in [0.4, 0.5) is 0 Å². The highest BCUT2D eigenvalue weighted by atomic mass is 32.1. The first-order valence-electron chi connectivity index (χ1n) is 5.65. The van der Waals surface area contributed by atoms with E-state index in [1.165, 1.54) is 18.6 Å². The highest BCUT2D eigenvalue weighted by molar-refractivity contribution is 7.09. The minimum atomic E-state index is -0.232. The van der Waals surface area contributed by atoms with Gasteiger partial charge in [-0.05, 0) is 5.92 Å². The van der Waals surface area contributed by atoms with Crippen molar-refractivity contribution < 1.29 is 4.79 Å². The first-order chi connectivity index (χ1) is 8.66. The van der Waals surface area contributed by atoms with Crippen LogP contribution in [0, 0.1) is 0 Å². The van der Waals surface area contributed by atoms with Crippen LogP contribution in [0.5, 0.6) is 0 Å². The lowest BCUT2D eigenvalue weighted by Crippen LogP contribution is -2.23. The molecule has 6 heteroatoms. The molecule has 0 aliphatic rings. The van der Waals surface area contributed by atoms with Gasteiger partial charge in [0, 0.05) is 17.8 Å². The van der Waals surface area contributed by atoms with E-state index >= 15 is 0 Å². The van der Waals surface area contributed by atoms with Crippen molar-refractivity contribution in [2.45, 2.75) is 26.3 Å². The zero-order chi connectivity index (χ0) is 13.0. The van der Waals surface area contributed by atoms with Crippen molar-refractivity contribution >= 4 is 17.2 Å². The topological polar surface area (TPSA) is 67.8 Å². The first-order valence-corrected chi connectivity index (χ1v) is 6.53. The summed E-state index contributed by atoms with van der Waals surface area (Å²) in [7, 11) is 0. The smallest absolute Gasteiger partial charge is 0.271 e. The summed E-state index contributed by atoms with van der Waals surface area (Å²) in [5.74, 6) is 0.176. The molecule has 0 atom stereocenters. The fourth-order valence-corrected chi connectivity index (χ4v) is 2.23. The van der Waals surface area contributed by atoms with Gasteiger partial charge in [0.05, 0.1) is 18.4 Å². The number of carbonyl (C=O) groups is 1. The van der Waals surface area contributed by atoms with E-state index in [0.717, 1.165) is 10.7 Å². The molecule has 2 rings (SSSR count). The van der Waals surface area contributed by atoms with Crippen LogP contribution in [0.1, 0.15) is 41.0 Å². The average Bonchev–Trinajstić information content (AvgIpc) is 2.86. The molecule has 2 aromatic heterocycles. The number of nitrogens with zero attached hydrogens (tertiary/aromatic N) is 3. The predicted molar refractivity (Wildman–Crippen MR) is 69.4 cm³/mol. The molecule has 0 aliphatic carbocycles. The Morgan fingerprint density at radius 2 is 2.28 bits per heavy atom. The van der Waals surface area contributed by atoms with Gasteiger partial charge in [-0.15, -0.1) is 11.3 Å². The van der Waals surface area contributed by atoms with Gasteiger partial charge in [0.2, 0.25) is 0 Å². The number of hydrogen-bond acceptors (Lipinski definition) is 5. The van der Waals surface area contributed by atoms with Gasteiger partial charge in [-0.25, -0.2) is 9.97 Å². The molecule has 2 heterocycles. The van der Waals surface area contributed by atoms with Crippen molar-refractivity contribution in [3.8, 4) is 0 Å². The molecule has 2 aromatic rings. The average molecular weight is 262 g/mol. The summed E-state index contributed by atoms with van der Waals surface area (Å²) in [6.07, 6.45) is 4.47. The van der Waals surface area contributed by atoms with E-state index in [4.69, 9.17) is 0 Å². The molecule has 0 radical (unpaired) electrons. The molecule has 94 valence electrons. The summed E-state index contributed by atoms with van der Waals surface area (Å²) < 4.78 is 0. The van der Waals surface area contributed by atoms with Gasteiger partial charge in [-0.1, -0.05) is 13.8 Å². The van der Waals surface area contributed by atoms with E-state index < -0.39 is 0 Å². The van der Waals surface area contributed by atoms with E-state index in [9.17, 15) is 4.79 Å². The number of hydrogen-bond donors (Lipinski definition) is 1. The van der Waals surface area contributed by atoms with E-state index in [2.05, 4.69) is 34.1 Å². The number of thiazole rings is 1. The lowest BCUT2D eigenvalue weighted by molar-refractivity contribution is 0.0945. The minimum absolute atomic E-state index is 0.232. The Labute approximate surface area is 109 Å². The van der Waals surface area contributed by atoms with Crippen molar-refractivity contribution in [3.05, 3.63) is 40.4 Å². The molecule has 0 unspecified atom stereocenters. The molecule has 0 aliphatic heterocycles. The van der Waals surface area contributed by atoms with Gasteiger partial charge in [-0.3, -0.25) is 9.78 Å². The summed E-state index contributed by atoms with van der Waals surface area (Å²) in [5, 5.41) is 5.70. The Bertz CT molecular complexity index is 524. The lowest BCUT2D eigenvalue weighted by atomic mass is 10.2. The third-order valence-electron chi connectivity index (χ3n) is 2.36. The maximum Gasteiger partial charge on any atom is 0.271 e. The molecule has 0 fully saturated rings. The minimum Gasteiger partial charge on any atom is -0.344 e. The molecule has 0 spiro atoms. The van der Waals surface area contributed by atoms with E-state index in [1.807, 2.05) is 5.38 Å². The second-order valence-electron chi connectivity index (χ2n) is 4.09. The molecule has 0 saturated heterocycles. The van der Waals surface area contributed by atoms with Crippen molar-refractivity contribution in [3.63, 3.8) is 0 Å². The second kappa shape index (κ2) is 5.68. The van der Waals surface area contributed by atoms with E-state index in [-0.39, 0.29) is 5.91 Å². The van der Waals surface area contributed by atoms with Gasteiger partial charge >= 0.3 is 0 Å². The van der Waals surface area contributed by atoms with Crippen LogP contribution in [-0.2, 0) is 6.54 Å². The fraction of sp³-hybridized carbons (Fsp3) is 0.333. The van der Waals surface area contributed by atoms with Gasteiger partial charge in [0.25, 0.3) is 5.91 Å². The standard InChI is InChI=1S/C12H14N4OS/c1-8(2)10-7-18-11(16-10)6-15-12(17)9-5-13-3-4-14-9/h3-5,7-8H,6H2,1-2H3,(H,15,17). The second-order valence-corrected chi connectivity index (χ2v) is 5.04. The van der Waals surface area contributed by atoms with Gasteiger partial charge < -0.3 is 5.32 Å². The van der Waals surface area contributed by atoms with Crippen LogP contribution < -0.4 is 5.32 Å². The molecular formula is C12H14N4OS. The predicted octanol–water partition coefficient (Wildman–Crippen LogP) is 1.99. The number of carbonyl (C=O) groups excluding carboxylic acids is 1. The quantitative estimate of drug-likeness (QED) is 0.915. The van der Waals surface area contributed by atoms with Crippen LogP contribution in [-0.4, -0.2) is 20.9 Å². The molecule has 18 heavy (non-hydrogen) atoms. The highest BCUT2D eigenvalue weighted by Crippen LogP contribution is 2.17. The summed E-state index contributed by atoms with van der Waals surface area (Å²) in [4.78, 5) is 23.9. The third-order valence-corrected chi connectivity index (χ3v) is 3.22. The molecule has 0 saturated carbocycles. The van der Waals surface area contributed by atoms with E-state index in [0.29, 0.717) is 18.2 Å². The van der Waals surface area contributed by atoms with Gasteiger partial charge in [0.1, 0.15) is 10.7 Å². The number of amides is 1. The number of nitrogens with one attached hydrogen (secondary N) is 1. The Morgan fingerprint density at radius 1 is 1.44 bits per heavy atom. The first kappa shape index (κ1) is 12.6. The summed E-state index contributed by atoms with van der Waals surface area (Å²) >= 11 is 1.55. The molecule has 0 aromatic carbocycles. The maximum atomic E-state index is 11.7. The zero-order valence-electron chi connectivity index (χ0n) is 10.3. The highest BCUT2D eigenvalue weighted by Gasteiger charge is 2.09. The van der Waals surface area contributed by atoms with Gasteiger partial charge in [-0.2, -0.15) is 0 Å². The summed E-state index contributed by atoms with van der Waals surface area (Å²) in [6, 6.07) is 0. The SMILES string of the molecule is CC(C)c1csc(CNC(=O)c2cnccn2)n1. The molecule has 5 nitrogen and oxygen atoms in total. The normalized spacial score (nSPS) is 10.6. The maximum absolute atomic E-state index is 11.7. The molecule has 1 amide bonds. The Morgan fingerprint density at radius 3 is 2.89 bits per heavy atom. The van der Waals surface area contributed by atoms with Crippen molar-refractivity contribution in [2.24, 2.45) is 0 Å². The monoisotopic (exact) mass is 262 g/mol. The van der Waals surface area contributed by atoms with Gasteiger partial charge in [0.15, 0.2) is 0 Å². The lowest BCUT2D eigenvalue weighted by Gasteiger charge is -2.01.